The lowest BCUT2D eigenvalue weighted by molar-refractivity contribution is -0.152. The summed E-state index contributed by atoms with van der Waals surface area (Å²) in [6, 6.07) is 6.35. The molecular weight excluding hydrogens is 380 g/mol. The van der Waals surface area contributed by atoms with Crippen LogP contribution < -0.4 is 5.32 Å². The van der Waals surface area contributed by atoms with Gasteiger partial charge in [0.25, 0.3) is 5.91 Å². The summed E-state index contributed by atoms with van der Waals surface area (Å²) in [7, 11) is 1.37. The van der Waals surface area contributed by atoms with Crippen molar-refractivity contribution >= 4 is 29.4 Å². The number of methoxy groups -OCH3 is 1. The number of halogens is 1. The van der Waals surface area contributed by atoms with E-state index in [4.69, 9.17) is 16.3 Å². The van der Waals surface area contributed by atoms with Crippen molar-refractivity contribution in [1.82, 2.24) is 10.2 Å². The van der Waals surface area contributed by atoms with Crippen molar-refractivity contribution in [3.63, 3.8) is 0 Å². The van der Waals surface area contributed by atoms with Gasteiger partial charge in [-0.3, -0.25) is 9.59 Å². The Hall–Kier alpha value is -2.08. The number of carbonyl (C=O) groups excluding carboxylic acids is 3. The molecule has 28 heavy (non-hydrogen) atoms. The van der Waals surface area contributed by atoms with Gasteiger partial charge < -0.3 is 15.0 Å². The van der Waals surface area contributed by atoms with Crippen LogP contribution in [0.25, 0.3) is 0 Å². The minimum Gasteiger partial charge on any atom is -0.467 e. The lowest BCUT2D eigenvalue weighted by atomic mass is 9.84. The standard InChI is InChI=1S/C21H27ClN2O4/c1-28-21(27)18-13-15-5-2-3-6-17(15)24(18)19(25)7-4-12-23-20(26)14-8-10-16(22)11-9-14/h8-11,15,17-18H,2-7,12-13H2,1H3,(H,23,26). The van der Waals surface area contributed by atoms with Gasteiger partial charge in [0.05, 0.1) is 7.11 Å². The molecule has 0 aromatic heterocycles. The van der Waals surface area contributed by atoms with E-state index >= 15 is 0 Å². The first-order chi connectivity index (χ1) is 13.5. The number of fused-ring (bicyclic) bond motifs is 1. The van der Waals surface area contributed by atoms with Crippen LogP contribution in [-0.2, 0) is 14.3 Å². The van der Waals surface area contributed by atoms with Gasteiger partial charge in [0.15, 0.2) is 0 Å². The molecule has 1 saturated carbocycles. The Labute approximate surface area is 170 Å². The Morgan fingerprint density at radius 1 is 1.18 bits per heavy atom. The van der Waals surface area contributed by atoms with Crippen molar-refractivity contribution in [1.29, 1.82) is 0 Å². The van der Waals surface area contributed by atoms with Crippen LogP contribution in [0.1, 0.15) is 55.3 Å². The van der Waals surface area contributed by atoms with Crippen molar-refractivity contribution in [2.24, 2.45) is 5.92 Å². The summed E-state index contributed by atoms with van der Waals surface area (Å²) in [4.78, 5) is 39.0. The summed E-state index contributed by atoms with van der Waals surface area (Å²) in [5.41, 5.74) is 0.533. The SMILES string of the molecule is COC(=O)C1CC2CCCCC2N1C(=O)CCCNC(=O)c1ccc(Cl)cc1. The molecule has 1 N–H and O–H groups in total. The third-order valence-corrected chi connectivity index (χ3v) is 6.06. The molecule has 0 bridgehead atoms. The first-order valence-electron chi connectivity index (χ1n) is 9.94. The van der Waals surface area contributed by atoms with Crippen molar-refractivity contribution < 1.29 is 19.1 Å². The Bertz CT molecular complexity index is 722. The van der Waals surface area contributed by atoms with E-state index in [0.29, 0.717) is 42.3 Å². The highest BCUT2D eigenvalue weighted by atomic mass is 35.5. The van der Waals surface area contributed by atoms with Gasteiger partial charge in [-0.1, -0.05) is 24.4 Å². The molecule has 3 rings (SSSR count). The monoisotopic (exact) mass is 406 g/mol. The topological polar surface area (TPSA) is 75.7 Å². The van der Waals surface area contributed by atoms with Crippen LogP contribution in [0.2, 0.25) is 5.02 Å². The predicted molar refractivity (Wildman–Crippen MR) is 106 cm³/mol. The van der Waals surface area contributed by atoms with Crippen molar-refractivity contribution in [3.8, 4) is 0 Å². The number of likely N-dealkylation sites (tertiary alicyclic amines) is 1. The van der Waals surface area contributed by atoms with E-state index in [-0.39, 0.29) is 23.8 Å². The zero-order valence-corrected chi connectivity index (χ0v) is 16.9. The fraction of sp³-hybridized carbons (Fsp3) is 0.571. The zero-order chi connectivity index (χ0) is 20.1. The summed E-state index contributed by atoms with van der Waals surface area (Å²) in [6.45, 7) is 0.401. The Balaban J connectivity index is 1.51. The minimum absolute atomic E-state index is 0.0226. The number of nitrogens with zero attached hydrogens (tertiary/aromatic N) is 1. The first kappa shape index (κ1) is 20.6. The first-order valence-corrected chi connectivity index (χ1v) is 10.3. The molecule has 1 saturated heterocycles. The van der Waals surface area contributed by atoms with E-state index in [1.807, 2.05) is 0 Å². The van der Waals surface area contributed by atoms with Gasteiger partial charge >= 0.3 is 5.97 Å². The maximum Gasteiger partial charge on any atom is 0.328 e. The molecule has 3 unspecified atom stereocenters. The molecule has 2 amide bonds. The Morgan fingerprint density at radius 2 is 1.89 bits per heavy atom. The summed E-state index contributed by atoms with van der Waals surface area (Å²) in [5.74, 6) is -0.138. The highest BCUT2D eigenvalue weighted by Crippen LogP contribution is 2.40. The molecule has 1 aliphatic heterocycles. The molecule has 6 nitrogen and oxygen atoms in total. The number of hydrogen-bond acceptors (Lipinski definition) is 4. The van der Waals surface area contributed by atoms with E-state index in [1.165, 1.54) is 7.11 Å². The normalized spacial score (nSPS) is 23.8. The van der Waals surface area contributed by atoms with E-state index in [2.05, 4.69) is 5.32 Å². The van der Waals surface area contributed by atoms with Gasteiger partial charge in [0.2, 0.25) is 5.91 Å². The Kier molecular flexibility index (Phi) is 6.94. The fourth-order valence-electron chi connectivity index (χ4n) is 4.44. The van der Waals surface area contributed by atoms with Gasteiger partial charge in [-0.05, 0) is 55.9 Å². The summed E-state index contributed by atoms with van der Waals surface area (Å²) in [6.07, 6.45) is 5.81. The lowest BCUT2D eigenvalue weighted by Crippen LogP contribution is -2.46. The number of carbonyl (C=O) groups is 3. The highest BCUT2D eigenvalue weighted by molar-refractivity contribution is 6.30. The molecule has 1 heterocycles. The highest BCUT2D eigenvalue weighted by Gasteiger charge is 2.47. The molecule has 3 atom stereocenters. The van der Waals surface area contributed by atoms with Gasteiger partial charge in [0, 0.05) is 29.6 Å². The number of rotatable bonds is 6. The van der Waals surface area contributed by atoms with E-state index < -0.39 is 6.04 Å². The molecule has 7 heteroatoms. The number of benzene rings is 1. The van der Waals surface area contributed by atoms with E-state index in [0.717, 1.165) is 25.7 Å². The van der Waals surface area contributed by atoms with Crippen LogP contribution in [-0.4, -0.2) is 48.4 Å². The van der Waals surface area contributed by atoms with Crippen LogP contribution in [0.3, 0.4) is 0 Å². The third-order valence-electron chi connectivity index (χ3n) is 5.81. The maximum absolute atomic E-state index is 12.9. The second kappa shape index (κ2) is 9.41. The average Bonchev–Trinajstić information content (AvgIpc) is 3.10. The number of hydrogen-bond donors (Lipinski definition) is 1. The molecule has 0 spiro atoms. The quantitative estimate of drug-likeness (QED) is 0.581. The summed E-state index contributed by atoms with van der Waals surface area (Å²) in [5, 5.41) is 3.40. The molecular formula is C21H27ClN2O4. The summed E-state index contributed by atoms with van der Waals surface area (Å²) >= 11 is 5.83. The largest absolute Gasteiger partial charge is 0.467 e. The fourth-order valence-corrected chi connectivity index (χ4v) is 4.57. The van der Waals surface area contributed by atoms with Crippen LogP contribution >= 0.6 is 11.6 Å². The smallest absolute Gasteiger partial charge is 0.328 e. The van der Waals surface area contributed by atoms with Crippen LogP contribution in [0.5, 0.6) is 0 Å². The second-order valence-corrected chi connectivity index (χ2v) is 7.99. The molecule has 2 aliphatic rings. The minimum atomic E-state index is -0.464. The summed E-state index contributed by atoms with van der Waals surface area (Å²) < 4.78 is 4.94. The third kappa shape index (κ3) is 4.66. The van der Waals surface area contributed by atoms with Crippen LogP contribution in [0, 0.1) is 5.92 Å². The number of nitrogens with one attached hydrogen (secondary N) is 1. The van der Waals surface area contributed by atoms with Gasteiger partial charge in [-0.2, -0.15) is 0 Å². The van der Waals surface area contributed by atoms with Crippen molar-refractivity contribution in [3.05, 3.63) is 34.9 Å². The van der Waals surface area contributed by atoms with E-state index in [1.54, 1.807) is 29.2 Å². The maximum atomic E-state index is 12.9. The molecule has 2 fully saturated rings. The molecule has 1 aromatic carbocycles. The van der Waals surface area contributed by atoms with E-state index in [9.17, 15) is 14.4 Å². The van der Waals surface area contributed by atoms with Crippen LogP contribution in [0.4, 0.5) is 0 Å². The van der Waals surface area contributed by atoms with Crippen molar-refractivity contribution in [2.75, 3.05) is 13.7 Å². The van der Waals surface area contributed by atoms with Crippen molar-refractivity contribution in [2.45, 2.75) is 57.0 Å². The second-order valence-electron chi connectivity index (χ2n) is 7.55. The average molecular weight is 407 g/mol. The Morgan fingerprint density at radius 3 is 2.61 bits per heavy atom. The molecule has 152 valence electrons. The number of ether oxygens (including phenoxy) is 1. The molecule has 1 aromatic rings. The molecule has 0 radical (unpaired) electrons. The zero-order valence-electron chi connectivity index (χ0n) is 16.2. The lowest BCUT2D eigenvalue weighted by Gasteiger charge is -2.33. The predicted octanol–water partition coefficient (Wildman–Crippen LogP) is 3.18. The van der Waals surface area contributed by atoms with Gasteiger partial charge in [-0.15, -0.1) is 0 Å². The van der Waals surface area contributed by atoms with Gasteiger partial charge in [0.1, 0.15) is 6.04 Å². The van der Waals surface area contributed by atoms with Crippen LogP contribution in [0.15, 0.2) is 24.3 Å². The number of esters is 1. The van der Waals surface area contributed by atoms with Gasteiger partial charge in [-0.25, -0.2) is 4.79 Å². The number of amides is 2. The molecule has 1 aliphatic carbocycles.